The van der Waals surface area contributed by atoms with Crippen LogP contribution in [0.4, 0.5) is 4.39 Å². The Balaban J connectivity index is 3.06. The highest BCUT2D eigenvalue weighted by Crippen LogP contribution is 2.18. The molecule has 2 N–H and O–H groups in total. The highest BCUT2D eigenvalue weighted by atomic mass is 32.2. The van der Waals surface area contributed by atoms with Gasteiger partial charge in [-0.1, -0.05) is 18.8 Å². The fourth-order valence-electron chi connectivity index (χ4n) is 1.47. The van der Waals surface area contributed by atoms with Gasteiger partial charge < -0.3 is 5.11 Å². The van der Waals surface area contributed by atoms with Crippen LogP contribution in [0.1, 0.15) is 39.2 Å². The number of hydrogen-bond acceptors (Lipinski definition) is 3. The molecule has 0 radical (unpaired) electrons. The lowest BCUT2D eigenvalue weighted by atomic mass is 10.0. The normalized spacial score (nSPS) is 11.9. The van der Waals surface area contributed by atoms with Crippen molar-refractivity contribution in [1.82, 2.24) is 4.72 Å². The van der Waals surface area contributed by atoms with E-state index in [1.54, 1.807) is 13.8 Å². The Labute approximate surface area is 125 Å². The second kappa shape index (κ2) is 7.03. The van der Waals surface area contributed by atoms with Crippen LogP contribution in [0.5, 0.6) is 0 Å². The Morgan fingerprint density at radius 1 is 1.38 bits per heavy atom. The zero-order chi connectivity index (χ0) is 16.1. The van der Waals surface area contributed by atoms with Crippen LogP contribution < -0.4 is 4.72 Å². The summed E-state index contributed by atoms with van der Waals surface area (Å²) in [5, 5.41) is 8.61. The van der Waals surface area contributed by atoms with E-state index < -0.39 is 21.4 Å². The number of aliphatic hydroxyl groups excluding tert-OH is 1. The van der Waals surface area contributed by atoms with Crippen molar-refractivity contribution in [1.29, 1.82) is 0 Å². The van der Waals surface area contributed by atoms with Gasteiger partial charge in [-0.3, -0.25) is 0 Å². The van der Waals surface area contributed by atoms with Gasteiger partial charge >= 0.3 is 0 Å². The summed E-state index contributed by atoms with van der Waals surface area (Å²) in [5.74, 6) is 4.45. The first-order chi connectivity index (χ1) is 9.72. The van der Waals surface area contributed by atoms with Gasteiger partial charge in [0.2, 0.25) is 10.0 Å². The third kappa shape index (κ3) is 5.12. The largest absolute Gasteiger partial charge is 0.395 e. The van der Waals surface area contributed by atoms with Crippen LogP contribution in [0.15, 0.2) is 23.1 Å². The molecule has 0 aromatic heterocycles. The van der Waals surface area contributed by atoms with E-state index in [-0.39, 0.29) is 23.5 Å². The smallest absolute Gasteiger partial charge is 0.241 e. The number of nitrogens with one attached hydrogen (secondary N) is 1. The van der Waals surface area contributed by atoms with Crippen LogP contribution in [0.2, 0.25) is 0 Å². The maximum absolute atomic E-state index is 13.9. The SMILES string of the molecule is CCC(C)(C)NS(=O)(=O)c1ccc(C#CCCO)c(F)c1. The van der Waals surface area contributed by atoms with Crippen molar-refractivity contribution in [3.05, 3.63) is 29.6 Å². The monoisotopic (exact) mass is 313 g/mol. The Hall–Kier alpha value is -1.42. The summed E-state index contributed by atoms with van der Waals surface area (Å²) in [6, 6.07) is 3.60. The minimum atomic E-state index is -3.77. The van der Waals surface area contributed by atoms with Crippen molar-refractivity contribution < 1.29 is 17.9 Å². The van der Waals surface area contributed by atoms with E-state index in [9.17, 15) is 12.8 Å². The molecule has 0 spiro atoms. The molecule has 4 nitrogen and oxygen atoms in total. The molecule has 1 rings (SSSR count). The van der Waals surface area contributed by atoms with Gasteiger partial charge in [-0.25, -0.2) is 17.5 Å². The number of aliphatic hydroxyl groups is 1. The van der Waals surface area contributed by atoms with E-state index in [0.29, 0.717) is 6.42 Å². The zero-order valence-electron chi connectivity index (χ0n) is 12.4. The van der Waals surface area contributed by atoms with Crippen molar-refractivity contribution in [3.8, 4) is 11.8 Å². The topological polar surface area (TPSA) is 66.4 Å². The summed E-state index contributed by atoms with van der Waals surface area (Å²) in [6.07, 6.45) is 0.852. The van der Waals surface area contributed by atoms with Gasteiger partial charge in [0.15, 0.2) is 0 Å². The van der Waals surface area contributed by atoms with Gasteiger partial charge in [-0.05, 0) is 38.5 Å². The van der Waals surface area contributed by atoms with E-state index in [1.165, 1.54) is 12.1 Å². The average molecular weight is 313 g/mol. The van der Waals surface area contributed by atoms with Crippen molar-refractivity contribution in [3.63, 3.8) is 0 Å². The van der Waals surface area contributed by atoms with Crippen LogP contribution in [-0.2, 0) is 10.0 Å². The van der Waals surface area contributed by atoms with Crippen LogP contribution in [0.25, 0.3) is 0 Å². The van der Waals surface area contributed by atoms with Gasteiger partial charge in [-0.15, -0.1) is 0 Å². The van der Waals surface area contributed by atoms with E-state index >= 15 is 0 Å². The highest BCUT2D eigenvalue weighted by Gasteiger charge is 2.25. The molecule has 0 unspecified atom stereocenters. The average Bonchev–Trinajstić information content (AvgIpc) is 2.39. The fraction of sp³-hybridized carbons (Fsp3) is 0.467. The number of halogens is 1. The molecular weight excluding hydrogens is 293 g/mol. The summed E-state index contributed by atoms with van der Waals surface area (Å²) >= 11 is 0. The summed E-state index contributed by atoms with van der Waals surface area (Å²) < 4.78 is 40.8. The van der Waals surface area contributed by atoms with Crippen LogP contribution in [-0.4, -0.2) is 25.7 Å². The molecular formula is C15H20FNO3S. The van der Waals surface area contributed by atoms with Crippen molar-refractivity contribution >= 4 is 10.0 Å². The fourth-order valence-corrected chi connectivity index (χ4v) is 2.97. The number of sulfonamides is 1. The molecule has 0 saturated heterocycles. The molecule has 0 aliphatic heterocycles. The molecule has 0 fully saturated rings. The number of hydrogen-bond donors (Lipinski definition) is 2. The van der Waals surface area contributed by atoms with Gasteiger partial charge in [0, 0.05) is 12.0 Å². The minimum Gasteiger partial charge on any atom is -0.395 e. The van der Waals surface area contributed by atoms with E-state index in [2.05, 4.69) is 16.6 Å². The predicted molar refractivity (Wildman–Crippen MR) is 79.7 cm³/mol. The second-order valence-corrected chi connectivity index (χ2v) is 6.94. The first-order valence-corrected chi connectivity index (χ1v) is 8.13. The van der Waals surface area contributed by atoms with Crippen LogP contribution in [0, 0.1) is 17.7 Å². The molecule has 0 aliphatic carbocycles. The third-order valence-electron chi connectivity index (χ3n) is 3.01. The summed E-state index contributed by atoms with van der Waals surface area (Å²) in [7, 11) is -3.77. The lowest BCUT2D eigenvalue weighted by molar-refractivity contribution is 0.305. The lowest BCUT2D eigenvalue weighted by Gasteiger charge is -2.24. The third-order valence-corrected chi connectivity index (χ3v) is 4.70. The molecule has 116 valence electrons. The highest BCUT2D eigenvalue weighted by molar-refractivity contribution is 7.89. The molecule has 0 atom stereocenters. The predicted octanol–water partition coefficient (Wildman–Crippen LogP) is 2.03. The Morgan fingerprint density at radius 2 is 2.05 bits per heavy atom. The van der Waals surface area contributed by atoms with Crippen molar-refractivity contribution in [2.75, 3.05) is 6.61 Å². The Bertz CT molecular complexity index is 657. The molecule has 0 bridgehead atoms. The summed E-state index contributed by atoms with van der Waals surface area (Å²) in [4.78, 5) is -0.130. The van der Waals surface area contributed by atoms with E-state index in [4.69, 9.17) is 5.11 Å². The Morgan fingerprint density at radius 3 is 2.57 bits per heavy atom. The summed E-state index contributed by atoms with van der Waals surface area (Å²) in [5.41, 5.74) is -0.494. The van der Waals surface area contributed by atoms with Crippen LogP contribution >= 0.6 is 0 Å². The number of rotatable bonds is 5. The van der Waals surface area contributed by atoms with E-state index in [1.807, 2.05) is 6.92 Å². The molecule has 0 aliphatic rings. The van der Waals surface area contributed by atoms with Crippen LogP contribution in [0.3, 0.4) is 0 Å². The van der Waals surface area contributed by atoms with Crippen molar-refractivity contribution in [2.24, 2.45) is 0 Å². The standard InChI is InChI=1S/C15H20FNO3S/c1-4-15(2,3)17-21(19,20)13-9-8-12(14(16)11-13)7-5-6-10-18/h8-9,11,17-18H,4,6,10H2,1-3H3. The molecule has 6 heteroatoms. The van der Waals surface area contributed by atoms with Gasteiger partial charge in [-0.2, -0.15) is 0 Å². The first-order valence-electron chi connectivity index (χ1n) is 6.65. The van der Waals surface area contributed by atoms with E-state index in [0.717, 1.165) is 6.07 Å². The zero-order valence-corrected chi connectivity index (χ0v) is 13.2. The van der Waals surface area contributed by atoms with Gasteiger partial charge in [0.05, 0.1) is 17.1 Å². The second-order valence-electron chi connectivity index (χ2n) is 5.26. The maximum Gasteiger partial charge on any atom is 0.241 e. The molecule has 0 saturated carbocycles. The lowest BCUT2D eigenvalue weighted by Crippen LogP contribution is -2.42. The quantitative estimate of drug-likeness (QED) is 0.817. The molecule has 21 heavy (non-hydrogen) atoms. The maximum atomic E-state index is 13.9. The molecule has 1 aromatic rings. The Kier molecular flexibility index (Phi) is 5.90. The molecule has 0 heterocycles. The summed E-state index contributed by atoms with van der Waals surface area (Å²) in [6.45, 7) is 5.28. The number of benzene rings is 1. The first kappa shape index (κ1) is 17.6. The van der Waals surface area contributed by atoms with Gasteiger partial charge in [0.1, 0.15) is 5.82 Å². The minimum absolute atomic E-state index is 0.100. The van der Waals surface area contributed by atoms with Crippen molar-refractivity contribution in [2.45, 2.75) is 44.0 Å². The molecule has 0 amide bonds. The molecule has 1 aromatic carbocycles. The van der Waals surface area contributed by atoms with Gasteiger partial charge in [0.25, 0.3) is 0 Å².